The molecule has 1 aromatic heterocycles. The fourth-order valence-electron chi connectivity index (χ4n) is 2.89. The lowest BCUT2D eigenvalue weighted by Crippen LogP contribution is -2.34. The molecule has 0 saturated heterocycles. The molecule has 0 spiro atoms. The average molecular weight is 396 g/mol. The van der Waals surface area contributed by atoms with Crippen molar-refractivity contribution in [1.29, 1.82) is 0 Å². The van der Waals surface area contributed by atoms with Crippen molar-refractivity contribution < 1.29 is 14.0 Å². The number of carbonyl (C=O) groups excluding carboxylic acids is 2. The zero-order valence-electron chi connectivity index (χ0n) is 16.0. The van der Waals surface area contributed by atoms with Gasteiger partial charge in [-0.1, -0.05) is 30.3 Å². The minimum absolute atomic E-state index is 0.0452. The number of carbonyl (C=O) groups is 2. The number of nitrogens with zero attached hydrogens (tertiary/aromatic N) is 1. The van der Waals surface area contributed by atoms with Gasteiger partial charge in [0.25, 0.3) is 5.91 Å². The van der Waals surface area contributed by atoms with Crippen LogP contribution in [-0.4, -0.2) is 30.3 Å². The molecule has 3 aromatic rings. The average Bonchev–Trinajstić information content (AvgIpc) is 3.15. The quantitative estimate of drug-likeness (QED) is 0.668. The van der Waals surface area contributed by atoms with E-state index < -0.39 is 0 Å². The molecule has 2 aromatic carbocycles. The van der Waals surface area contributed by atoms with Crippen molar-refractivity contribution >= 4 is 28.8 Å². The monoisotopic (exact) mass is 396 g/mol. The number of amides is 2. The number of hydrogen-bond donors (Lipinski definition) is 1. The van der Waals surface area contributed by atoms with Crippen LogP contribution in [0.2, 0.25) is 0 Å². The number of rotatable bonds is 5. The van der Waals surface area contributed by atoms with Gasteiger partial charge in [0.1, 0.15) is 5.82 Å². The summed E-state index contributed by atoms with van der Waals surface area (Å²) in [6.45, 7) is 3.82. The second-order valence-corrected chi connectivity index (χ2v) is 7.73. The van der Waals surface area contributed by atoms with Crippen LogP contribution >= 0.6 is 11.3 Å². The summed E-state index contributed by atoms with van der Waals surface area (Å²) in [5, 5.41) is 2.89. The summed E-state index contributed by atoms with van der Waals surface area (Å²) in [6, 6.07) is 15.5. The molecule has 0 unspecified atom stereocenters. The lowest BCUT2D eigenvalue weighted by Gasteiger charge is -2.17. The van der Waals surface area contributed by atoms with E-state index in [4.69, 9.17) is 0 Å². The molecule has 4 nitrogen and oxygen atoms in total. The Morgan fingerprint density at radius 2 is 1.64 bits per heavy atom. The van der Waals surface area contributed by atoms with Crippen LogP contribution in [0.1, 0.15) is 20.8 Å². The molecule has 28 heavy (non-hydrogen) atoms. The molecule has 0 atom stereocenters. The van der Waals surface area contributed by atoms with Crippen LogP contribution in [0.3, 0.4) is 0 Å². The first-order valence-electron chi connectivity index (χ1n) is 8.82. The molecule has 3 rings (SSSR count). The second kappa shape index (κ2) is 8.35. The Balaban J connectivity index is 1.66. The molecule has 0 radical (unpaired) electrons. The first-order chi connectivity index (χ1) is 13.3. The number of thiophene rings is 1. The number of anilines is 1. The Hall–Kier alpha value is -2.99. The standard InChI is InChI=1S/C22H21FN2O2S/c1-14-5-4-6-15(2)21(14)24-20(26)13-25(3)22(27)19-12-11-18(28-19)16-7-9-17(23)10-8-16/h4-12H,13H2,1-3H3,(H,24,26). The molecule has 0 bridgehead atoms. The number of para-hydroxylation sites is 1. The van der Waals surface area contributed by atoms with Crippen molar-refractivity contribution in [2.75, 3.05) is 18.9 Å². The van der Waals surface area contributed by atoms with Gasteiger partial charge in [-0.15, -0.1) is 11.3 Å². The van der Waals surface area contributed by atoms with Gasteiger partial charge >= 0.3 is 0 Å². The predicted octanol–water partition coefficient (Wildman–Crippen LogP) is 4.88. The van der Waals surface area contributed by atoms with Crippen LogP contribution < -0.4 is 5.32 Å². The van der Waals surface area contributed by atoms with Crippen molar-refractivity contribution in [3.8, 4) is 10.4 Å². The summed E-state index contributed by atoms with van der Waals surface area (Å²) in [7, 11) is 1.60. The van der Waals surface area contributed by atoms with Crippen LogP contribution in [0.5, 0.6) is 0 Å². The molecule has 6 heteroatoms. The Morgan fingerprint density at radius 1 is 1.00 bits per heavy atom. The molecular formula is C22H21FN2O2S. The van der Waals surface area contributed by atoms with E-state index in [0.717, 1.165) is 27.3 Å². The van der Waals surface area contributed by atoms with Gasteiger partial charge in [-0.2, -0.15) is 0 Å². The summed E-state index contributed by atoms with van der Waals surface area (Å²) in [5.41, 5.74) is 3.58. The largest absolute Gasteiger partial charge is 0.332 e. The van der Waals surface area contributed by atoms with E-state index in [2.05, 4.69) is 5.32 Å². The third kappa shape index (κ3) is 4.46. The molecule has 1 heterocycles. The zero-order valence-corrected chi connectivity index (χ0v) is 16.8. The van der Waals surface area contributed by atoms with Crippen molar-refractivity contribution in [3.05, 3.63) is 76.4 Å². The molecule has 0 aliphatic heterocycles. The van der Waals surface area contributed by atoms with Crippen LogP contribution in [-0.2, 0) is 4.79 Å². The number of likely N-dealkylation sites (N-methyl/N-ethyl adjacent to an activating group) is 1. The topological polar surface area (TPSA) is 49.4 Å². The summed E-state index contributed by atoms with van der Waals surface area (Å²) in [6.07, 6.45) is 0. The highest BCUT2D eigenvalue weighted by Crippen LogP contribution is 2.29. The number of halogens is 1. The SMILES string of the molecule is Cc1cccc(C)c1NC(=O)CN(C)C(=O)c1ccc(-c2ccc(F)cc2)s1. The van der Waals surface area contributed by atoms with Crippen LogP contribution in [0.25, 0.3) is 10.4 Å². The summed E-state index contributed by atoms with van der Waals surface area (Å²) in [5.74, 6) is -0.773. The van der Waals surface area contributed by atoms with Gasteiger partial charge in [-0.25, -0.2) is 4.39 Å². The highest BCUT2D eigenvalue weighted by Gasteiger charge is 2.18. The molecule has 0 aliphatic carbocycles. The van der Waals surface area contributed by atoms with Crippen LogP contribution in [0.4, 0.5) is 10.1 Å². The van der Waals surface area contributed by atoms with Crippen molar-refractivity contribution in [3.63, 3.8) is 0 Å². The van der Waals surface area contributed by atoms with E-state index in [-0.39, 0.29) is 24.2 Å². The normalized spacial score (nSPS) is 10.6. The molecular weight excluding hydrogens is 375 g/mol. The number of benzene rings is 2. The van der Waals surface area contributed by atoms with Gasteiger partial charge in [-0.05, 0) is 54.8 Å². The second-order valence-electron chi connectivity index (χ2n) is 6.65. The molecule has 1 N–H and O–H groups in total. The van der Waals surface area contributed by atoms with E-state index in [1.165, 1.54) is 28.4 Å². The third-order valence-corrected chi connectivity index (χ3v) is 5.54. The van der Waals surface area contributed by atoms with E-state index >= 15 is 0 Å². The minimum atomic E-state index is -0.300. The maximum Gasteiger partial charge on any atom is 0.264 e. The number of aryl methyl sites for hydroxylation is 2. The molecule has 0 fully saturated rings. The van der Waals surface area contributed by atoms with Crippen LogP contribution in [0.15, 0.2) is 54.6 Å². The van der Waals surface area contributed by atoms with Gasteiger partial charge in [0.2, 0.25) is 5.91 Å². The lowest BCUT2D eigenvalue weighted by atomic mass is 10.1. The van der Waals surface area contributed by atoms with Crippen molar-refractivity contribution in [2.45, 2.75) is 13.8 Å². The fourth-order valence-corrected chi connectivity index (χ4v) is 3.89. The van der Waals surface area contributed by atoms with Gasteiger partial charge in [0, 0.05) is 17.6 Å². The summed E-state index contributed by atoms with van der Waals surface area (Å²) in [4.78, 5) is 27.8. The lowest BCUT2D eigenvalue weighted by molar-refractivity contribution is -0.116. The van der Waals surface area contributed by atoms with Gasteiger partial charge < -0.3 is 10.2 Å². The minimum Gasteiger partial charge on any atom is -0.332 e. The number of hydrogen-bond acceptors (Lipinski definition) is 3. The Morgan fingerprint density at radius 3 is 2.29 bits per heavy atom. The number of nitrogens with one attached hydrogen (secondary N) is 1. The maximum absolute atomic E-state index is 13.1. The van der Waals surface area contributed by atoms with Gasteiger partial charge in [0.05, 0.1) is 11.4 Å². The first-order valence-corrected chi connectivity index (χ1v) is 9.64. The Bertz CT molecular complexity index is 991. The van der Waals surface area contributed by atoms with Crippen molar-refractivity contribution in [1.82, 2.24) is 4.90 Å². The van der Waals surface area contributed by atoms with Gasteiger partial charge in [0.15, 0.2) is 0 Å². The summed E-state index contributed by atoms with van der Waals surface area (Å²) < 4.78 is 13.1. The smallest absolute Gasteiger partial charge is 0.264 e. The van der Waals surface area contributed by atoms with Crippen LogP contribution in [0, 0.1) is 19.7 Å². The van der Waals surface area contributed by atoms with E-state index in [0.29, 0.717) is 4.88 Å². The molecule has 144 valence electrons. The van der Waals surface area contributed by atoms with E-state index in [1.807, 2.05) is 38.1 Å². The zero-order chi connectivity index (χ0) is 20.3. The Labute approximate surface area is 167 Å². The van der Waals surface area contributed by atoms with Crippen molar-refractivity contribution in [2.24, 2.45) is 0 Å². The molecule has 0 saturated carbocycles. The fraction of sp³-hybridized carbons (Fsp3) is 0.182. The third-order valence-electron chi connectivity index (χ3n) is 4.42. The van der Waals surface area contributed by atoms with E-state index in [1.54, 1.807) is 25.2 Å². The highest BCUT2D eigenvalue weighted by molar-refractivity contribution is 7.17. The van der Waals surface area contributed by atoms with Gasteiger partial charge in [-0.3, -0.25) is 9.59 Å². The molecule has 0 aliphatic rings. The first kappa shape index (κ1) is 19.8. The Kier molecular flexibility index (Phi) is 5.90. The molecule has 2 amide bonds. The predicted molar refractivity (Wildman–Crippen MR) is 111 cm³/mol. The van der Waals surface area contributed by atoms with E-state index in [9.17, 15) is 14.0 Å². The highest BCUT2D eigenvalue weighted by atomic mass is 32.1. The maximum atomic E-state index is 13.1. The summed E-state index contributed by atoms with van der Waals surface area (Å²) >= 11 is 1.32.